The summed E-state index contributed by atoms with van der Waals surface area (Å²) in [6.07, 6.45) is 11.6. The highest BCUT2D eigenvalue weighted by atomic mass is 15.3. The van der Waals surface area contributed by atoms with Crippen LogP contribution in [0.3, 0.4) is 0 Å². The van der Waals surface area contributed by atoms with E-state index >= 15 is 0 Å². The summed E-state index contributed by atoms with van der Waals surface area (Å²) in [6.45, 7) is 3.00. The Morgan fingerprint density at radius 3 is 2.81 bits per heavy atom. The number of anilines is 1. The minimum absolute atomic E-state index is 0.594. The van der Waals surface area contributed by atoms with Crippen molar-refractivity contribution in [2.24, 2.45) is 7.05 Å². The van der Waals surface area contributed by atoms with Crippen LogP contribution in [0.25, 0.3) is 0 Å². The summed E-state index contributed by atoms with van der Waals surface area (Å²) in [6, 6.07) is 2.67. The Morgan fingerprint density at radius 2 is 2.10 bits per heavy atom. The summed E-state index contributed by atoms with van der Waals surface area (Å²) in [7, 11) is 2.00. The predicted octanol–water partition coefficient (Wildman–Crippen LogP) is 2.91. The first kappa shape index (κ1) is 14.2. The normalized spacial score (nSPS) is 16.3. The maximum atomic E-state index is 4.66. The van der Waals surface area contributed by atoms with E-state index in [-0.39, 0.29) is 0 Å². The molecule has 0 atom stereocenters. The molecule has 1 N–H and O–H groups in total. The summed E-state index contributed by atoms with van der Waals surface area (Å²) in [5, 5.41) is 7.87. The number of nitrogens with one attached hydrogen (secondary N) is 1. The molecule has 1 fully saturated rings. The molecule has 0 spiro atoms. The zero-order valence-corrected chi connectivity index (χ0v) is 13.0. The van der Waals surface area contributed by atoms with Gasteiger partial charge in [0.15, 0.2) is 0 Å². The maximum absolute atomic E-state index is 4.66. The molecule has 21 heavy (non-hydrogen) atoms. The van der Waals surface area contributed by atoms with E-state index in [9.17, 15) is 0 Å². The lowest BCUT2D eigenvalue weighted by Crippen LogP contribution is -2.24. The van der Waals surface area contributed by atoms with Gasteiger partial charge in [-0.1, -0.05) is 19.3 Å². The van der Waals surface area contributed by atoms with E-state index in [0.717, 1.165) is 24.6 Å². The van der Waals surface area contributed by atoms with Crippen LogP contribution in [0.5, 0.6) is 0 Å². The summed E-state index contributed by atoms with van der Waals surface area (Å²) < 4.78 is 4.19. The van der Waals surface area contributed by atoms with Crippen LogP contribution in [0.15, 0.2) is 18.5 Å². The van der Waals surface area contributed by atoms with Gasteiger partial charge in [-0.2, -0.15) is 5.10 Å². The standard InChI is InChI=1S/C16H25N5/c1-13-12-21(11-9-15-8-10-17-20(15)2)16(18-13)19-14-6-4-3-5-7-14/h8,10,12,14H,3-7,9,11H2,1-2H3,(H,18,19). The molecule has 3 rings (SSSR count). The topological polar surface area (TPSA) is 47.7 Å². The third-order valence-corrected chi connectivity index (χ3v) is 4.37. The second kappa shape index (κ2) is 6.33. The van der Waals surface area contributed by atoms with Crippen LogP contribution in [-0.2, 0) is 20.0 Å². The summed E-state index contributed by atoms with van der Waals surface area (Å²) in [4.78, 5) is 4.66. The van der Waals surface area contributed by atoms with Crippen molar-refractivity contribution in [1.29, 1.82) is 0 Å². The molecular formula is C16H25N5. The highest BCUT2D eigenvalue weighted by Gasteiger charge is 2.16. The van der Waals surface area contributed by atoms with E-state index in [1.165, 1.54) is 37.8 Å². The van der Waals surface area contributed by atoms with Gasteiger partial charge in [-0.25, -0.2) is 4.98 Å². The second-order valence-corrected chi connectivity index (χ2v) is 6.07. The lowest BCUT2D eigenvalue weighted by Gasteiger charge is -2.23. The second-order valence-electron chi connectivity index (χ2n) is 6.07. The lowest BCUT2D eigenvalue weighted by molar-refractivity contribution is 0.458. The fourth-order valence-electron chi connectivity index (χ4n) is 3.14. The molecule has 0 unspecified atom stereocenters. The fraction of sp³-hybridized carbons (Fsp3) is 0.625. The smallest absolute Gasteiger partial charge is 0.203 e. The SMILES string of the molecule is Cc1cn(CCc2ccnn2C)c(NC2CCCCC2)n1. The van der Waals surface area contributed by atoms with Crippen LogP contribution < -0.4 is 5.32 Å². The van der Waals surface area contributed by atoms with Gasteiger partial charge in [0.25, 0.3) is 0 Å². The first-order valence-corrected chi connectivity index (χ1v) is 7.99. The monoisotopic (exact) mass is 287 g/mol. The van der Waals surface area contributed by atoms with Gasteiger partial charge in [0.1, 0.15) is 0 Å². The first-order chi connectivity index (χ1) is 10.2. The highest BCUT2D eigenvalue weighted by molar-refractivity contribution is 5.30. The number of aromatic nitrogens is 4. The third kappa shape index (κ3) is 3.46. The summed E-state index contributed by atoms with van der Waals surface area (Å²) in [5.74, 6) is 1.03. The van der Waals surface area contributed by atoms with Gasteiger partial charge in [-0.15, -0.1) is 0 Å². The van der Waals surface area contributed by atoms with Gasteiger partial charge in [-0.05, 0) is 25.8 Å². The van der Waals surface area contributed by atoms with E-state index in [2.05, 4.69) is 39.2 Å². The Bertz CT molecular complexity index is 577. The zero-order chi connectivity index (χ0) is 14.7. The van der Waals surface area contributed by atoms with E-state index in [4.69, 9.17) is 0 Å². The summed E-state index contributed by atoms with van der Waals surface area (Å²) in [5.41, 5.74) is 2.34. The maximum Gasteiger partial charge on any atom is 0.203 e. The molecule has 0 radical (unpaired) electrons. The lowest BCUT2D eigenvalue weighted by atomic mass is 9.96. The van der Waals surface area contributed by atoms with E-state index in [0.29, 0.717) is 6.04 Å². The van der Waals surface area contributed by atoms with E-state index in [1.54, 1.807) is 0 Å². The Morgan fingerprint density at radius 1 is 1.29 bits per heavy atom. The van der Waals surface area contributed by atoms with Gasteiger partial charge in [0.05, 0.1) is 5.69 Å². The molecule has 1 saturated carbocycles. The molecule has 5 nitrogen and oxygen atoms in total. The average Bonchev–Trinajstić information content (AvgIpc) is 3.04. The van der Waals surface area contributed by atoms with Gasteiger partial charge < -0.3 is 9.88 Å². The van der Waals surface area contributed by atoms with Gasteiger partial charge >= 0.3 is 0 Å². The molecule has 0 aliphatic heterocycles. The Hall–Kier alpha value is -1.78. The predicted molar refractivity (Wildman–Crippen MR) is 84.4 cm³/mol. The van der Waals surface area contributed by atoms with E-state index in [1.807, 2.05) is 17.9 Å². The fourth-order valence-corrected chi connectivity index (χ4v) is 3.14. The van der Waals surface area contributed by atoms with Crippen molar-refractivity contribution in [2.45, 2.75) is 58.0 Å². The molecular weight excluding hydrogens is 262 g/mol. The van der Waals surface area contributed by atoms with Crippen LogP contribution in [0.4, 0.5) is 5.95 Å². The van der Waals surface area contributed by atoms with Crippen molar-refractivity contribution in [3.05, 3.63) is 29.8 Å². The first-order valence-electron chi connectivity index (χ1n) is 7.99. The van der Waals surface area contributed by atoms with Crippen LogP contribution in [0, 0.1) is 6.92 Å². The molecule has 1 aliphatic carbocycles. The zero-order valence-electron chi connectivity index (χ0n) is 13.0. The molecule has 114 valence electrons. The molecule has 2 aromatic rings. The molecule has 2 aromatic heterocycles. The average molecular weight is 287 g/mol. The Kier molecular flexibility index (Phi) is 4.27. The molecule has 0 amide bonds. The Labute approximate surface area is 126 Å². The number of nitrogens with zero attached hydrogens (tertiary/aromatic N) is 4. The minimum atomic E-state index is 0.594. The van der Waals surface area contributed by atoms with Crippen molar-refractivity contribution >= 4 is 5.95 Å². The number of aryl methyl sites for hydroxylation is 4. The highest BCUT2D eigenvalue weighted by Crippen LogP contribution is 2.21. The number of rotatable bonds is 5. The molecule has 0 bridgehead atoms. The van der Waals surface area contributed by atoms with Gasteiger partial charge in [0.2, 0.25) is 5.95 Å². The van der Waals surface area contributed by atoms with Crippen LogP contribution in [0.1, 0.15) is 43.5 Å². The molecule has 0 saturated heterocycles. The minimum Gasteiger partial charge on any atom is -0.353 e. The molecule has 2 heterocycles. The molecule has 5 heteroatoms. The van der Waals surface area contributed by atoms with Crippen molar-refractivity contribution in [3.63, 3.8) is 0 Å². The third-order valence-electron chi connectivity index (χ3n) is 4.37. The van der Waals surface area contributed by atoms with Crippen LogP contribution >= 0.6 is 0 Å². The van der Waals surface area contributed by atoms with Crippen molar-refractivity contribution < 1.29 is 0 Å². The van der Waals surface area contributed by atoms with Crippen molar-refractivity contribution in [3.8, 4) is 0 Å². The summed E-state index contributed by atoms with van der Waals surface area (Å²) >= 11 is 0. The Balaban J connectivity index is 1.65. The van der Waals surface area contributed by atoms with Gasteiger partial charge in [0, 0.05) is 44.1 Å². The van der Waals surface area contributed by atoms with Crippen LogP contribution in [0.2, 0.25) is 0 Å². The largest absolute Gasteiger partial charge is 0.353 e. The quantitative estimate of drug-likeness (QED) is 0.920. The number of imidazole rings is 1. The van der Waals surface area contributed by atoms with Crippen molar-refractivity contribution in [1.82, 2.24) is 19.3 Å². The van der Waals surface area contributed by atoms with E-state index < -0.39 is 0 Å². The van der Waals surface area contributed by atoms with Crippen molar-refractivity contribution in [2.75, 3.05) is 5.32 Å². The number of hydrogen-bond donors (Lipinski definition) is 1. The number of hydrogen-bond acceptors (Lipinski definition) is 3. The molecule has 1 aliphatic rings. The van der Waals surface area contributed by atoms with Gasteiger partial charge in [-0.3, -0.25) is 4.68 Å². The molecule has 0 aromatic carbocycles. The van der Waals surface area contributed by atoms with Crippen LogP contribution in [-0.4, -0.2) is 25.4 Å².